The van der Waals surface area contributed by atoms with Gasteiger partial charge in [-0.25, -0.2) is 18.1 Å². The molecule has 0 aliphatic carbocycles. The minimum absolute atomic E-state index is 0.220. The second-order valence-electron chi connectivity index (χ2n) is 4.22. The Labute approximate surface area is 128 Å². The van der Waals surface area contributed by atoms with Gasteiger partial charge in [0.1, 0.15) is 5.75 Å². The molecule has 0 aliphatic rings. The summed E-state index contributed by atoms with van der Waals surface area (Å²) in [4.78, 5) is 4.52. The lowest BCUT2D eigenvalue weighted by molar-refractivity contribution is 0.414. The van der Waals surface area contributed by atoms with Crippen molar-refractivity contribution < 1.29 is 13.2 Å². The first kappa shape index (κ1) is 15.7. The average Bonchev–Trinajstić information content (AvgIpc) is 2.95. The van der Waals surface area contributed by atoms with E-state index in [1.807, 2.05) is 5.38 Å². The van der Waals surface area contributed by atoms with Gasteiger partial charge in [0, 0.05) is 25.4 Å². The highest BCUT2D eigenvalue weighted by Gasteiger charge is 2.13. The van der Waals surface area contributed by atoms with E-state index < -0.39 is 10.0 Å². The van der Waals surface area contributed by atoms with Crippen molar-refractivity contribution in [3.05, 3.63) is 35.3 Å². The third-order valence-electron chi connectivity index (χ3n) is 2.81. The molecule has 0 radical (unpaired) electrons. The summed E-state index contributed by atoms with van der Waals surface area (Å²) in [5, 5.41) is 5.68. The maximum atomic E-state index is 12.1. The first-order valence-corrected chi connectivity index (χ1v) is 8.67. The molecule has 1 heterocycles. The van der Waals surface area contributed by atoms with Crippen molar-refractivity contribution in [2.24, 2.45) is 0 Å². The van der Waals surface area contributed by atoms with Gasteiger partial charge in [0.25, 0.3) is 0 Å². The highest BCUT2D eigenvalue weighted by atomic mass is 32.2. The average molecular weight is 327 g/mol. The van der Waals surface area contributed by atoms with Crippen molar-refractivity contribution in [2.45, 2.75) is 11.3 Å². The third-order valence-corrected chi connectivity index (χ3v) is 5.19. The number of benzene rings is 1. The predicted molar refractivity (Wildman–Crippen MR) is 83.5 cm³/mol. The lowest BCUT2D eigenvalue weighted by Gasteiger charge is -2.06. The fourth-order valence-corrected chi connectivity index (χ4v) is 3.43. The van der Waals surface area contributed by atoms with E-state index >= 15 is 0 Å². The molecule has 0 saturated heterocycles. The number of ether oxygens (including phenoxy) is 1. The van der Waals surface area contributed by atoms with Crippen molar-refractivity contribution in [3.63, 3.8) is 0 Å². The zero-order valence-electron chi connectivity index (χ0n) is 11.8. The number of sulfonamides is 1. The van der Waals surface area contributed by atoms with E-state index in [1.54, 1.807) is 19.2 Å². The van der Waals surface area contributed by atoms with E-state index in [-0.39, 0.29) is 4.90 Å². The summed E-state index contributed by atoms with van der Waals surface area (Å²) in [6, 6.07) is 6.27. The Bertz CT molecular complexity index is 681. The summed E-state index contributed by atoms with van der Waals surface area (Å²) in [5.74, 6) is 0.621. The number of nitrogens with zero attached hydrogens (tertiary/aromatic N) is 1. The molecule has 6 nitrogen and oxygen atoms in total. The molecule has 2 rings (SSSR count). The summed E-state index contributed by atoms with van der Waals surface area (Å²) in [5.41, 5.74) is 0.863. The molecule has 0 unspecified atom stereocenters. The van der Waals surface area contributed by atoms with Crippen LogP contribution in [0.4, 0.5) is 5.13 Å². The molecule has 114 valence electrons. The van der Waals surface area contributed by atoms with E-state index in [0.717, 1.165) is 10.8 Å². The fraction of sp³-hybridized carbons (Fsp3) is 0.308. The number of rotatable bonds is 7. The van der Waals surface area contributed by atoms with Crippen LogP contribution in [-0.2, 0) is 16.4 Å². The number of nitrogens with one attached hydrogen (secondary N) is 2. The molecular formula is C13H17N3O3S2. The van der Waals surface area contributed by atoms with E-state index in [2.05, 4.69) is 15.0 Å². The molecule has 0 saturated carbocycles. The highest BCUT2D eigenvalue weighted by Crippen LogP contribution is 2.16. The van der Waals surface area contributed by atoms with Gasteiger partial charge < -0.3 is 10.1 Å². The Morgan fingerprint density at radius 3 is 2.57 bits per heavy atom. The molecule has 21 heavy (non-hydrogen) atoms. The topological polar surface area (TPSA) is 80.3 Å². The van der Waals surface area contributed by atoms with Crippen molar-refractivity contribution in [1.82, 2.24) is 9.71 Å². The molecule has 0 bridgehead atoms. The lowest BCUT2D eigenvalue weighted by Crippen LogP contribution is -2.26. The molecular weight excluding hydrogens is 310 g/mol. The molecule has 2 aromatic rings. The van der Waals surface area contributed by atoms with E-state index in [1.165, 1.54) is 30.6 Å². The van der Waals surface area contributed by atoms with Gasteiger partial charge in [0.15, 0.2) is 5.13 Å². The van der Waals surface area contributed by atoms with Gasteiger partial charge in [-0.3, -0.25) is 0 Å². The van der Waals surface area contributed by atoms with Gasteiger partial charge in [0.2, 0.25) is 10.0 Å². The predicted octanol–water partition coefficient (Wildman–Crippen LogP) is 1.71. The second kappa shape index (κ2) is 6.88. The van der Waals surface area contributed by atoms with E-state index in [4.69, 9.17) is 4.74 Å². The van der Waals surface area contributed by atoms with Crippen molar-refractivity contribution >= 4 is 26.5 Å². The number of hydrogen-bond acceptors (Lipinski definition) is 6. The Kier molecular flexibility index (Phi) is 5.16. The van der Waals surface area contributed by atoms with Crippen LogP contribution in [0.5, 0.6) is 5.75 Å². The largest absolute Gasteiger partial charge is 0.497 e. The Morgan fingerprint density at radius 2 is 2.00 bits per heavy atom. The highest BCUT2D eigenvalue weighted by molar-refractivity contribution is 7.89. The van der Waals surface area contributed by atoms with Gasteiger partial charge >= 0.3 is 0 Å². The molecule has 0 aliphatic heterocycles. The van der Waals surface area contributed by atoms with Crippen LogP contribution in [-0.4, -0.2) is 34.1 Å². The Morgan fingerprint density at radius 1 is 1.29 bits per heavy atom. The maximum Gasteiger partial charge on any atom is 0.240 e. The second-order valence-corrected chi connectivity index (χ2v) is 6.84. The molecule has 0 amide bonds. The van der Waals surface area contributed by atoms with Crippen LogP contribution in [0.2, 0.25) is 0 Å². The van der Waals surface area contributed by atoms with E-state index in [9.17, 15) is 8.42 Å². The van der Waals surface area contributed by atoms with Gasteiger partial charge in [-0.15, -0.1) is 11.3 Å². The monoisotopic (exact) mass is 327 g/mol. The molecule has 1 aromatic heterocycles. The molecule has 8 heteroatoms. The number of thiazole rings is 1. The fourth-order valence-electron chi connectivity index (χ4n) is 1.69. The summed E-state index contributed by atoms with van der Waals surface area (Å²) in [6.45, 7) is 0.307. The summed E-state index contributed by atoms with van der Waals surface area (Å²) in [7, 11) is -0.162. The van der Waals surface area contributed by atoms with Crippen LogP contribution >= 0.6 is 11.3 Å². The van der Waals surface area contributed by atoms with Crippen LogP contribution < -0.4 is 14.8 Å². The summed E-state index contributed by atoms with van der Waals surface area (Å²) < 4.78 is 31.8. The third kappa shape index (κ3) is 4.16. The Balaban J connectivity index is 1.94. The Hall–Kier alpha value is -1.64. The van der Waals surface area contributed by atoms with Crippen LogP contribution in [0.1, 0.15) is 5.69 Å². The molecule has 2 N–H and O–H groups in total. The lowest BCUT2D eigenvalue weighted by atomic mass is 10.3. The van der Waals surface area contributed by atoms with Crippen molar-refractivity contribution in [2.75, 3.05) is 26.0 Å². The molecule has 0 atom stereocenters. The summed E-state index contributed by atoms with van der Waals surface area (Å²) in [6.07, 6.45) is 0.549. The normalized spacial score (nSPS) is 11.3. The van der Waals surface area contributed by atoms with Gasteiger partial charge in [-0.2, -0.15) is 0 Å². The van der Waals surface area contributed by atoms with Crippen LogP contribution in [0.15, 0.2) is 34.5 Å². The first-order valence-electron chi connectivity index (χ1n) is 6.31. The minimum atomic E-state index is -3.50. The van der Waals surface area contributed by atoms with Gasteiger partial charge in [-0.1, -0.05) is 0 Å². The van der Waals surface area contributed by atoms with Crippen LogP contribution in [0.25, 0.3) is 0 Å². The van der Waals surface area contributed by atoms with Crippen LogP contribution in [0.3, 0.4) is 0 Å². The SMILES string of the molecule is CNc1nc(CCNS(=O)(=O)c2ccc(OC)cc2)cs1. The van der Waals surface area contributed by atoms with Crippen molar-refractivity contribution in [1.29, 1.82) is 0 Å². The van der Waals surface area contributed by atoms with Gasteiger partial charge in [-0.05, 0) is 24.3 Å². The minimum Gasteiger partial charge on any atom is -0.497 e. The first-order chi connectivity index (χ1) is 10.0. The number of aromatic nitrogens is 1. The zero-order chi connectivity index (χ0) is 15.3. The summed E-state index contributed by atoms with van der Waals surface area (Å²) >= 11 is 1.49. The molecule has 0 fully saturated rings. The van der Waals surface area contributed by atoms with E-state index in [0.29, 0.717) is 18.7 Å². The number of anilines is 1. The molecule has 0 spiro atoms. The number of methoxy groups -OCH3 is 1. The zero-order valence-corrected chi connectivity index (χ0v) is 13.4. The molecule has 1 aromatic carbocycles. The van der Waals surface area contributed by atoms with Crippen LogP contribution in [0, 0.1) is 0 Å². The quantitative estimate of drug-likeness (QED) is 0.809. The smallest absolute Gasteiger partial charge is 0.240 e. The standard InChI is InChI=1S/C13H17N3O3S2/c1-14-13-16-10(9-20-13)7-8-15-21(17,18)12-5-3-11(19-2)4-6-12/h3-6,9,15H,7-8H2,1-2H3,(H,14,16). The van der Waals surface area contributed by atoms with Gasteiger partial charge in [0.05, 0.1) is 17.7 Å². The maximum absolute atomic E-state index is 12.1. The van der Waals surface area contributed by atoms with Crippen molar-refractivity contribution in [3.8, 4) is 5.75 Å². The number of hydrogen-bond donors (Lipinski definition) is 2.